The molecule has 0 unspecified atom stereocenters. The number of esters is 2. The van der Waals surface area contributed by atoms with E-state index in [1.165, 1.54) is 0 Å². The predicted octanol–water partition coefficient (Wildman–Crippen LogP) is 12.2. The lowest BCUT2D eigenvalue weighted by atomic mass is 9.71. The summed E-state index contributed by atoms with van der Waals surface area (Å²) < 4.78 is 127. The van der Waals surface area contributed by atoms with Gasteiger partial charge in [-0.3, -0.25) is 19.7 Å². The van der Waals surface area contributed by atoms with Gasteiger partial charge in [0.25, 0.3) is 6.20 Å². The molecule has 0 aromatic carbocycles. The van der Waals surface area contributed by atoms with Crippen molar-refractivity contribution in [1.82, 2.24) is 15.2 Å². The van der Waals surface area contributed by atoms with E-state index in [4.69, 9.17) is 106 Å². The molecule has 1 aromatic heterocycles. The highest BCUT2D eigenvalue weighted by Crippen LogP contribution is 2.51. The quantitative estimate of drug-likeness (QED) is 0.0198. The van der Waals surface area contributed by atoms with Crippen molar-refractivity contribution >= 4 is 23.5 Å². The van der Waals surface area contributed by atoms with Crippen molar-refractivity contribution in [1.29, 1.82) is 0 Å². The molecule has 1 aromatic rings. The molecule has 15 rings (SSSR count). The number of nitro groups is 1. The number of aliphatic hydroxyl groups is 6. The van der Waals surface area contributed by atoms with Crippen LogP contribution in [0.25, 0.3) is 0 Å². The van der Waals surface area contributed by atoms with E-state index in [0.29, 0.717) is 111 Å². The molecule has 0 radical (unpaired) electrons. The zero-order chi connectivity index (χ0) is 102. The molecule has 13 heterocycles. The highest BCUT2D eigenvalue weighted by Gasteiger charge is 2.63. The Labute approximate surface area is 835 Å². The van der Waals surface area contributed by atoms with Gasteiger partial charge >= 0.3 is 11.9 Å². The van der Waals surface area contributed by atoms with E-state index in [0.717, 1.165) is 29.3 Å². The fourth-order valence-electron chi connectivity index (χ4n) is 22.5. The SMILES string of the molecule is CCN(Cc1ccc(Cl)nc1)/C(=C/[N+](=O)[O-])NC.CC[C@H](C)[C@H]1O[C@]2(C=C[C@@H]1C)C[C@@H]1C[C@@H](C/C=C(\C)[C@@H](O[C@H]3C[C@H](OC)[C@@H](O[C@H]4C[C@H](OC)[C@@H](O)[C@H](C)O4)[C@H](C)O3)[C@@H](C)/C=C/C=C3\CO[C@@H]4[C@H](O)C(C)=C[C@@H](C(=O)O1)[C@]34O)O2.CO[C@H]1C[C@H](O[C@H]2[C@H](C)O[C@@H](O[C@@H]3/C(C)=C/C[C@@H]4C[C@@H](C[C@]5(C=C[C@H](C)[C@@H](C(C)C)O5)O4)OC(=O)[C@@H]4C=C(C)[C@@H](O)[C@H]5OC/C(=C\C=C\[C@@H]3C)[C@]54O)C[C@@H]2OC)O[C@@H](C)[C@@H]1O. The smallest absolute Gasteiger partial charge is 0.316 e. The molecular weight excluding hydrogens is 1840 g/mol. The van der Waals surface area contributed by atoms with Crippen LogP contribution in [0.3, 0.4) is 0 Å². The Bertz CT molecular complexity index is 4710. The summed E-state index contributed by atoms with van der Waals surface area (Å²) in [7, 11) is 8.09. The lowest BCUT2D eigenvalue weighted by molar-refractivity contribution is -0.404. The van der Waals surface area contributed by atoms with Gasteiger partial charge in [0.05, 0.1) is 104 Å². The molecule has 0 saturated carbocycles. The standard InChI is InChI=1S/C48H72O14.C47H70O14.C11H15ClN4O2/c1-11-25(2)43-28(5)17-18-47(62-43)23-34-20-33(61-47)16-15-27(4)42(26(3)13-12-14-32-24-55-45-40(49)29(6)19-35(46(51)58-34)48(32,45)52)59-39-22-37(54-10)44(31(8)57-39)60-38-21-36(53-9)41(50)30(7)56-38;1-24(2)41-27(5)16-17-46(61-41)22-33-19-32(60-46)15-14-26(4)42(25(3)12-11-13-31-23-54-44-39(48)28(6)18-34(45(50)57-33)47(31,44)51)58-38-21-36(53-10)43(30(8)56-38)59-37-20-35(52-9)40(49)29(7)55-37;1-3-15(11(13-2)8-16(17)18)7-9-4-5-10(12)14-6-9/h12-15,17-19,25-26,28,30-31,33-45,49-50,52H,11,16,20-24H2,1-10H3;11-14,16-18,24-25,27,29-30,32-44,48-49,51H,15,19-23H2,1-10H3;4-6,8,13H,3,7H2,1-2H3/b13-12+,27-15+,32-14+;12-11+,26-14+,31-13+;11-8+/t25-,26-,28-,30-,31-,33+,34-,35-,36-,37-,38-,39-,40+,41-,42-,43+,44-,45+,47+,48+;25-,27-,29-,30-,32+,33-,34-,35-,36-,37-,38-,39+,40-,41+,42-,43-,44+,46+,47+;/m00./s1. The largest absolute Gasteiger partial charge is 0.462 e. The summed E-state index contributed by atoms with van der Waals surface area (Å²) in [6.07, 6.45) is 18.7. The van der Waals surface area contributed by atoms with Crippen molar-refractivity contribution in [2.45, 2.75) is 389 Å². The summed E-state index contributed by atoms with van der Waals surface area (Å²) in [6, 6.07) is 3.54. The van der Waals surface area contributed by atoms with Gasteiger partial charge in [0.15, 0.2) is 42.6 Å². The molecule has 8 saturated heterocycles. The molecule has 0 amide bonds. The number of hydrogen-bond acceptors (Lipinski definition) is 33. The van der Waals surface area contributed by atoms with Crippen LogP contribution in [0.2, 0.25) is 5.15 Å². The number of halogens is 1. The Morgan fingerprint density at radius 2 is 0.986 bits per heavy atom. The number of allylic oxidation sites excluding steroid dienone is 4. The second-order valence-electron chi connectivity index (χ2n) is 41.3. The van der Waals surface area contributed by atoms with Crippen LogP contribution in [0.4, 0.5) is 0 Å². The molecule has 8 fully saturated rings. The van der Waals surface area contributed by atoms with Crippen LogP contribution in [0, 0.1) is 57.5 Å². The fourth-order valence-corrected chi connectivity index (χ4v) is 22.6. The molecule has 788 valence electrons. The number of hydrogen-bond donors (Lipinski definition) is 7. The molecule has 34 nitrogen and oxygen atoms in total. The lowest BCUT2D eigenvalue weighted by Gasteiger charge is -2.48. The number of aliphatic hydroxyl groups excluding tert-OH is 4. The molecule has 35 heteroatoms. The third-order valence-electron chi connectivity index (χ3n) is 30.8. The van der Waals surface area contributed by atoms with Crippen LogP contribution in [0.15, 0.2) is 149 Å². The van der Waals surface area contributed by atoms with Crippen molar-refractivity contribution in [3.63, 3.8) is 0 Å². The summed E-state index contributed by atoms with van der Waals surface area (Å²) >= 11 is 5.70. The van der Waals surface area contributed by atoms with Crippen LogP contribution in [-0.4, -0.2) is 307 Å². The number of aromatic nitrogens is 1. The van der Waals surface area contributed by atoms with E-state index in [2.05, 4.69) is 90.0 Å². The monoisotopic (exact) mass is 2000 g/mol. The molecule has 4 bridgehead atoms. The average Bonchev–Trinajstić information content (AvgIpc) is 1.60. The number of nitrogens with one attached hydrogen (secondary N) is 1. The highest BCUT2D eigenvalue weighted by atomic mass is 35.5. The van der Waals surface area contributed by atoms with Crippen molar-refractivity contribution in [3.8, 4) is 0 Å². The van der Waals surface area contributed by atoms with Crippen LogP contribution in [-0.2, 0) is 111 Å². The Hall–Kier alpha value is -6.44. The summed E-state index contributed by atoms with van der Waals surface area (Å²) in [5.41, 5.74) is 1.20. The van der Waals surface area contributed by atoms with Gasteiger partial charge in [-0.25, -0.2) is 4.98 Å². The van der Waals surface area contributed by atoms with Crippen LogP contribution >= 0.6 is 11.6 Å². The van der Waals surface area contributed by atoms with Gasteiger partial charge in [-0.1, -0.05) is 152 Å². The molecule has 7 N–H and O–H groups in total. The first-order valence-corrected chi connectivity index (χ1v) is 51.0. The number of ether oxygens (including phenoxy) is 20. The molecule has 12 aliphatic heterocycles. The first-order chi connectivity index (χ1) is 67.0. The van der Waals surface area contributed by atoms with Gasteiger partial charge in [-0.05, 0) is 144 Å². The van der Waals surface area contributed by atoms with E-state index in [1.54, 1.807) is 99.7 Å². The van der Waals surface area contributed by atoms with Crippen molar-refractivity contribution in [2.75, 3.05) is 55.2 Å². The zero-order valence-electron chi connectivity index (χ0n) is 86.0. The highest BCUT2D eigenvalue weighted by molar-refractivity contribution is 6.29. The first kappa shape index (κ1) is 112. The number of pyridine rings is 1. The average molecular weight is 2000 g/mol. The summed E-state index contributed by atoms with van der Waals surface area (Å²) in [4.78, 5) is 44.5. The van der Waals surface area contributed by atoms with Crippen molar-refractivity contribution < 1.29 is 140 Å². The zero-order valence-corrected chi connectivity index (χ0v) is 86.7. The Morgan fingerprint density at radius 3 is 1.38 bits per heavy atom. The molecule has 2 spiro atoms. The van der Waals surface area contributed by atoms with Gasteiger partial charge in [0.1, 0.15) is 89.2 Å². The Balaban J connectivity index is 0.000000202. The molecule has 2 aliphatic carbocycles. The van der Waals surface area contributed by atoms with Gasteiger partial charge in [-0.2, -0.15) is 0 Å². The van der Waals surface area contributed by atoms with Crippen LogP contribution in [0.1, 0.15) is 194 Å². The number of carbonyl (C=O) groups excluding carboxylic acids is 2. The van der Waals surface area contributed by atoms with Gasteiger partial charge in [-0.15, -0.1) is 0 Å². The van der Waals surface area contributed by atoms with E-state index >= 15 is 0 Å². The van der Waals surface area contributed by atoms with Crippen LogP contribution < -0.4 is 5.32 Å². The van der Waals surface area contributed by atoms with Gasteiger partial charge in [0, 0.05) is 130 Å². The number of fused-ring (bicyclic) bond motifs is 4. The van der Waals surface area contributed by atoms with Gasteiger partial charge in [0.2, 0.25) is 0 Å². The predicted molar refractivity (Wildman–Crippen MR) is 519 cm³/mol. The minimum Gasteiger partial charge on any atom is -0.462 e. The minimum absolute atomic E-state index is 0.0313. The molecule has 14 aliphatic rings. The topological polar surface area (TPSA) is 411 Å². The third-order valence-corrected chi connectivity index (χ3v) is 31.1. The van der Waals surface area contributed by atoms with E-state index in [-0.39, 0.29) is 85.3 Å². The third kappa shape index (κ3) is 25.8. The summed E-state index contributed by atoms with van der Waals surface area (Å²) in [5, 5.41) is 82.2. The number of rotatable bonds is 21. The lowest BCUT2D eigenvalue weighted by Crippen LogP contribution is -2.58. The normalized spacial score (nSPS) is 44.4. The van der Waals surface area contributed by atoms with E-state index in [9.17, 15) is 50.3 Å². The number of carbonyl (C=O) groups is 2. The molecular formula is C106H157ClN4O30. The maximum absolute atomic E-state index is 14.3. The number of methoxy groups -OCH3 is 4. The summed E-state index contributed by atoms with van der Waals surface area (Å²) in [5.74, 6) is -4.73. The maximum Gasteiger partial charge on any atom is 0.316 e. The first-order valence-electron chi connectivity index (χ1n) is 50.6. The minimum atomic E-state index is -1.84. The molecule has 39 atom stereocenters. The van der Waals surface area contributed by atoms with Crippen molar-refractivity contribution in [2.24, 2.45) is 47.3 Å². The Kier molecular flexibility index (Phi) is 38.6. The number of nitrogens with zero attached hydrogens (tertiary/aromatic N) is 3. The van der Waals surface area contributed by atoms with Crippen LogP contribution in [0.5, 0.6) is 0 Å². The fraction of sp³-hybridized carbons (Fsp3) is 0.726. The Morgan fingerprint density at radius 1 is 0.567 bits per heavy atom. The van der Waals surface area contributed by atoms with E-state index in [1.807, 2.05) is 82.0 Å². The maximum atomic E-state index is 14.3. The van der Waals surface area contributed by atoms with Crippen molar-refractivity contribution in [3.05, 3.63) is 170 Å². The molecule has 141 heavy (non-hydrogen) atoms. The second-order valence-corrected chi connectivity index (χ2v) is 41.7. The van der Waals surface area contributed by atoms with E-state index < -0.39 is 187 Å². The van der Waals surface area contributed by atoms with Gasteiger partial charge < -0.3 is 136 Å². The second kappa shape index (κ2) is 48.7. The summed E-state index contributed by atoms with van der Waals surface area (Å²) in [6.45, 7) is 35.2.